The summed E-state index contributed by atoms with van der Waals surface area (Å²) in [5.74, 6) is 1.22. The predicted octanol–water partition coefficient (Wildman–Crippen LogP) is 4.70. The third-order valence-corrected chi connectivity index (χ3v) is 5.82. The van der Waals surface area contributed by atoms with Crippen LogP contribution in [0.25, 0.3) is 11.0 Å². The van der Waals surface area contributed by atoms with E-state index in [4.69, 9.17) is 9.47 Å². The highest BCUT2D eigenvalue weighted by molar-refractivity contribution is 7.99. The zero-order valence-electron chi connectivity index (χ0n) is 18.4. The highest BCUT2D eigenvalue weighted by Crippen LogP contribution is 2.28. The van der Waals surface area contributed by atoms with Crippen molar-refractivity contribution in [2.45, 2.75) is 18.7 Å². The van der Waals surface area contributed by atoms with Gasteiger partial charge in [-0.05, 0) is 53.9 Å². The zero-order chi connectivity index (χ0) is 23.0. The number of H-pyrrole nitrogens is 1. The van der Waals surface area contributed by atoms with E-state index in [-0.39, 0.29) is 11.7 Å². The third-order valence-electron chi connectivity index (χ3n) is 4.94. The third kappa shape index (κ3) is 5.93. The minimum atomic E-state index is -0.221. The average Bonchev–Trinajstić information content (AvgIpc) is 3.26. The number of methoxy groups -OCH3 is 1. The predicted molar refractivity (Wildman–Crippen MR) is 131 cm³/mol. The van der Waals surface area contributed by atoms with Crippen LogP contribution in [0.4, 0.5) is 0 Å². The summed E-state index contributed by atoms with van der Waals surface area (Å²) in [4.78, 5) is 19.7. The number of ether oxygens (including phenoxy) is 2. The van der Waals surface area contributed by atoms with E-state index in [1.807, 2.05) is 60.7 Å². The second-order valence-electron chi connectivity index (χ2n) is 7.27. The lowest BCUT2D eigenvalue weighted by atomic mass is 10.1. The molecule has 0 radical (unpaired) electrons. The number of benzene rings is 3. The zero-order valence-corrected chi connectivity index (χ0v) is 19.2. The van der Waals surface area contributed by atoms with Gasteiger partial charge in [0.05, 0.1) is 30.1 Å². The van der Waals surface area contributed by atoms with E-state index in [0.29, 0.717) is 23.3 Å². The Hall–Kier alpha value is -3.78. The fourth-order valence-corrected chi connectivity index (χ4v) is 3.83. The van der Waals surface area contributed by atoms with Crippen LogP contribution in [0, 0.1) is 6.92 Å². The summed E-state index contributed by atoms with van der Waals surface area (Å²) in [6, 6.07) is 21.3. The molecular formula is C25H24N4O3S. The number of carbonyl (C=O) groups excluding carboxylic acids is 1. The second-order valence-corrected chi connectivity index (χ2v) is 8.23. The Labute approximate surface area is 196 Å². The van der Waals surface area contributed by atoms with Crippen LogP contribution in [0.1, 0.15) is 16.7 Å². The fraction of sp³-hybridized carbons (Fsp3) is 0.160. The summed E-state index contributed by atoms with van der Waals surface area (Å²) < 4.78 is 11.4. The molecule has 3 aromatic carbocycles. The van der Waals surface area contributed by atoms with Gasteiger partial charge in [-0.3, -0.25) is 4.79 Å². The molecule has 0 spiro atoms. The number of fused-ring (bicyclic) bond motifs is 1. The Morgan fingerprint density at radius 3 is 2.76 bits per heavy atom. The molecule has 0 aliphatic heterocycles. The molecule has 0 fully saturated rings. The van der Waals surface area contributed by atoms with Crippen molar-refractivity contribution in [3.63, 3.8) is 0 Å². The lowest BCUT2D eigenvalue weighted by molar-refractivity contribution is -0.118. The van der Waals surface area contributed by atoms with Crippen LogP contribution in [-0.2, 0) is 11.4 Å². The molecule has 0 aliphatic carbocycles. The van der Waals surface area contributed by atoms with Crippen LogP contribution in [0.2, 0.25) is 0 Å². The van der Waals surface area contributed by atoms with Crippen LogP contribution in [0.15, 0.2) is 77.0 Å². The molecule has 8 heteroatoms. The van der Waals surface area contributed by atoms with E-state index in [1.165, 1.54) is 17.3 Å². The first kappa shape index (κ1) is 22.4. The van der Waals surface area contributed by atoms with Crippen molar-refractivity contribution in [1.29, 1.82) is 0 Å². The maximum atomic E-state index is 12.1. The van der Waals surface area contributed by atoms with Gasteiger partial charge in [0.25, 0.3) is 5.91 Å². The SMILES string of the molecule is COc1cc(/C=N/NC(=O)CSc2nc3ccccc3[nH]2)ccc1OCc1ccccc1C. The van der Waals surface area contributed by atoms with Crippen LogP contribution in [0.5, 0.6) is 11.5 Å². The van der Waals surface area contributed by atoms with E-state index < -0.39 is 0 Å². The number of amides is 1. The maximum Gasteiger partial charge on any atom is 0.250 e. The molecule has 168 valence electrons. The number of aromatic amines is 1. The van der Waals surface area contributed by atoms with Crippen LogP contribution in [-0.4, -0.2) is 35.0 Å². The van der Waals surface area contributed by atoms with Gasteiger partial charge in [-0.2, -0.15) is 5.10 Å². The first-order valence-corrected chi connectivity index (χ1v) is 11.4. The smallest absolute Gasteiger partial charge is 0.250 e. The first-order valence-electron chi connectivity index (χ1n) is 10.4. The van der Waals surface area contributed by atoms with Crippen LogP contribution in [0.3, 0.4) is 0 Å². The molecule has 0 saturated carbocycles. The van der Waals surface area contributed by atoms with Crippen LogP contribution < -0.4 is 14.9 Å². The maximum absolute atomic E-state index is 12.1. The van der Waals surface area contributed by atoms with E-state index in [0.717, 1.165) is 22.2 Å². The van der Waals surface area contributed by atoms with E-state index in [9.17, 15) is 4.79 Å². The van der Waals surface area contributed by atoms with Crippen molar-refractivity contribution in [2.24, 2.45) is 5.10 Å². The molecule has 2 N–H and O–H groups in total. The van der Waals surface area contributed by atoms with Crippen molar-refractivity contribution in [1.82, 2.24) is 15.4 Å². The van der Waals surface area contributed by atoms with Crippen molar-refractivity contribution in [3.8, 4) is 11.5 Å². The quantitative estimate of drug-likeness (QED) is 0.215. The monoisotopic (exact) mass is 460 g/mol. The molecule has 7 nitrogen and oxygen atoms in total. The summed E-state index contributed by atoms with van der Waals surface area (Å²) >= 11 is 1.32. The number of rotatable bonds is 9. The summed E-state index contributed by atoms with van der Waals surface area (Å²) in [7, 11) is 1.59. The standard InChI is InChI=1S/C25H24N4O3S/c1-17-7-3-4-8-19(17)15-32-22-12-11-18(13-23(22)31-2)14-26-29-24(30)16-33-25-27-20-9-5-6-10-21(20)28-25/h3-14H,15-16H2,1-2H3,(H,27,28)(H,29,30)/b26-14+. The van der Waals surface area contributed by atoms with Gasteiger partial charge >= 0.3 is 0 Å². The molecule has 1 heterocycles. The van der Waals surface area contributed by atoms with Gasteiger partial charge in [-0.25, -0.2) is 10.4 Å². The Morgan fingerprint density at radius 2 is 1.94 bits per heavy atom. The number of nitrogens with zero attached hydrogens (tertiary/aromatic N) is 2. The number of imidazole rings is 1. The molecule has 1 aromatic heterocycles. The molecule has 1 amide bonds. The molecule has 0 aliphatic rings. The Morgan fingerprint density at radius 1 is 1.12 bits per heavy atom. The largest absolute Gasteiger partial charge is 0.493 e. The molecule has 0 atom stereocenters. The molecule has 0 bridgehead atoms. The van der Waals surface area contributed by atoms with Gasteiger partial charge in [0, 0.05) is 0 Å². The van der Waals surface area contributed by atoms with Crippen molar-refractivity contribution in [3.05, 3.63) is 83.4 Å². The minimum absolute atomic E-state index is 0.201. The van der Waals surface area contributed by atoms with Gasteiger partial charge in [0.2, 0.25) is 0 Å². The highest BCUT2D eigenvalue weighted by Gasteiger charge is 2.08. The number of thioether (sulfide) groups is 1. The Balaban J connectivity index is 1.30. The number of hydrogen-bond donors (Lipinski definition) is 2. The van der Waals surface area contributed by atoms with E-state index in [2.05, 4.69) is 33.5 Å². The summed E-state index contributed by atoms with van der Waals surface area (Å²) in [6.07, 6.45) is 1.57. The van der Waals surface area contributed by atoms with Crippen LogP contribution >= 0.6 is 11.8 Å². The van der Waals surface area contributed by atoms with E-state index in [1.54, 1.807) is 13.3 Å². The summed E-state index contributed by atoms with van der Waals surface area (Å²) in [5.41, 5.74) is 7.43. The van der Waals surface area contributed by atoms with Gasteiger partial charge in [0.1, 0.15) is 6.61 Å². The molecule has 4 rings (SSSR count). The normalized spacial score (nSPS) is 11.1. The fourth-order valence-electron chi connectivity index (χ4n) is 3.15. The lowest BCUT2D eigenvalue weighted by Gasteiger charge is -2.12. The number of carbonyl (C=O) groups is 1. The van der Waals surface area contributed by atoms with Gasteiger partial charge in [0.15, 0.2) is 16.7 Å². The van der Waals surface area contributed by atoms with Crippen molar-refractivity contribution >= 4 is 34.9 Å². The van der Waals surface area contributed by atoms with Crippen molar-refractivity contribution in [2.75, 3.05) is 12.9 Å². The number of hydrogen-bond acceptors (Lipinski definition) is 6. The number of para-hydroxylation sites is 2. The summed E-state index contributed by atoms with van der Waals surface area (Å²) in [6.45, 7) is 2.51. The second kappa shape index (κ2) is 10.7. The molecule has 33 heavy (non-hydrogen) atoms. The Kier molecular flexibility index (Phi) is 7.26. The van der Waals surface area contributed by atoms with Gasteiger partial charge in [-0.1, -0.05) is 48.2 Å². The number of aromatic nitrogens is 2. The average molecular weight is 461 g/mol. The first-order chi connectivity index (χ1) is 16.1. The summed E-state index contributed by atoms with van der Waals surface area (Å²) in [5, 5.41) is 4.74. The minimum Gasteiger partial charge on any atom is -0.493 e. The molecule has 4 aromatic rings. The van der Waals surface area contributed by atoms with Gasteiger partial charge in [-0.15, -0.1) is 0 Å². The van der Waals surface area contributed by atoms with Crippen molar-refractivity contribution < 1.29 is 14.3 Å². The lowest BCUT2D eigenvalue weighted by Crippen LogP contribution is -2.19. The number of nitrogens with one attached hydrogen (secondary N) is 2. The van der Waals surface area contributed by atoms with E-state index >= 15 is 0 Å². The van der Waals surface area contributed by atoms with Gasteiger partial charge < -0.3 is 14.5 Å². The highest BCUT2D eigenvalue weighted by atomic mass is 32.2. The molecular weight excluding hydrogens is 436 g/mol. The number of aryl methyl sites for hydroxylation is 1. The Bertz CT molecular complexity index is 1250. The molecule has 0 saturated heterocycles. The molecule has 0 unspecified atom stereocenters. The number of hydrazone groups is 1. The topological polar surface area (TPSA) is 88.6 Å².